The Balaban J connectivity index is 2.43. The molecule has 0 aliphatic carbocycles. The van der Waals surface area contributed by atoms with Gasteiger partial charge in [-0.2, -0.15) is 0 Å². The summed E-state index contributed by atoms with van der Waals surface area (Å²) < 4.78 is 5.92. The topological polar surface area (TPSA) is 32.8 Å². The quantitative estimate of drug-likeness (QED) is 0.438. The van der Waals surface area contributed by atoms with E-state index in [1.807, 2.05) is 32.0 Å². The first-order valence-corrected chi connectivity index (χ1v) is 11.7. The average molecular weight is 425 g/mol. The molecule has 0 heterocycles. The molecule has 1 unspecified atom stereocenters. The highest BCUT2D eigenvalue weighted by atomic mass is 16.6. The predicted molar refractivity (Wildman–Crippen MR) is 130 cm³/mol. The van der Waals surface area contributed by atoms with Crippen LogP contribution in [0, 0.1) is 6.92 Å². The van der Waals surface area contributed by atoms with Crippen LogP contribution >= 0.6 is 0 Å². The molecule has 170 valence electrons. The molecule has 4 nitrogen and oxygen atoms in total. The van der Waals surface area contributed by atoms with Gasteiger partial charge in [0.1, 0.15) is 5.75 Å². The van der Waals surface area contributed by atoms with Gasteiger partial charge in [-0.1, -0.05) is 48.0 Å². The van der Waals surface area contributed by atoms with Crippen molar-refractivity contribution in [2.75, 3.05) is 19.6 Å². The van der Waals surface area contributed by atoms with Crippen LogP contribution in [0.25, 0.3) is 0 Å². The van der Waals surface area contributed by atoms with Gasteiger partial charge in [-0.05, 0) is 73.1 Å². The zero-order valence-corrected chi connectivity index (χ0v) is 20.4. The molecule has 1 atom stereocenters. The van der Waals surface area contributed by atoms with E-state index < -0.39 is 0 Å². The first-order valence-electron chi connectivity index (χ1n) is 11.7. The lowest BCUT2D eigenvalue weighted by atomic mass is 9.86. The molecule has 0 spiro atoms. The number of nitrogens with zero attached hydrogens (tertiary/aromatic N) is 2. The first-order chi connectivity index (χ1) is 14.8. The third kappa shape index (κ3) is 6.83. The fraction of sp³-hybridized carbons (Fsp3) is 0.519. The molecule has 1 amide bonds. The summed E-state index contributed by atoms with van der Waals surface area (Å²) >= 11 is 0. The molecule has 0 aliphatic heterocycles. The van der Waals surface area contributed by atoms with Crippen molar-refractivity contribution < 1.29 is 9.53 Å². The van der Waals surface area contributed by atoms with Crippen molar-refractivity contribution in [3.8, 4) is 5.75 Å². The Bertz CT molecular complexity index is 805. The maximum Gasteiger partial charge on any atom is 0.415 e. The lowest BCUT2D eigenvalue weighted by Crippen LogP contribution is -2.38. The SMILES string of the molecule is CCN(CC)C(=O)Oc1ccc(C)cc1C(CCN(C(C)C)C(C)C)c1ccccc1. The van der Waals surface area contributed by atoms with Crippen LogP contribution in [0.5, 0.6) is 5.75 Å². The summed E-state index contributed by atoms with van der Waals surface area (Å²) in [5.74, 6) is 0.817. The average Bonchev–Trinajstić information content (AvgIpc) is 2.73. The molecule has 0 saturated carbocycles. The largest absolute Gasteiger partial charge is 0.415 e. The van der Waals surface area contributed by atoms with Crippen LogP contribution in [0.15, 0.2) is 48.5 Å². The van der Waals surface area contributed by atoms with Crippen LogP contribution in [0.3, 0.4) is 0 Å². The first kappa shape index (κ1) is 24.9. The van der Waals surface area contributed by atoms with Gasteiger partial charge < -0.3 is 9.64 Å². The molecule has 0 radical (unpaired) electrons. The fourth-order valence-corrected chi connectivity index (χ4v) is 4.25. The summed E-state index contributed by atoms with van der Waals surface area (Å²) in [7, 11) is 0. The van der Waals surface area contributed by atoms with E-state index in [2.05, 4.69) is 69.9 Å². The summed E-state index contributed by atoms with van der Waals surface area (Å²) in [5.41, 5.74) is 3.50. The van der Waals surface area contributed by atoms with E-state index in [4.69, 9.17) is 4.74 Å². The Kier molecular flexibility index (Phi) is 9.57. The van der Waals surface area contributed by atoms with Crippen molar-refractivity contribution in [3.63, 3.8) is 0 Å². The van der Waals surface area contributed by atoms with Crippen molar-refractivity contribution in [3.05, 3.63) is 65.2 Å². The van der Waals surface area contributed by atoms with Gasteiger partial charge in [-0.15, -0.1) is 0 Å². The fourth-order valence-electron chi connectivity index (χ4n) is 4.25. The Morgan fingerprint density at radius 2 is 1.55 bits per heavy atom. The third-order valence-corrected chi connectivity index (χ3v) is 5.96. The van der Waals surface area contributed by atoms with Gasteiger partial charge in [0.15, 0.2) is 0 Å². The number of carbonyl (C=O) groups excluding carboxylic acids is 1. The second kappa shape index (κ2) is 11.9. The standard InChI is InChI=1S/C27H40N2O2/c1-8-28(9-2)27(30)31-26-16-15-22(7)19-25(26)24(23-13-11-10-12-14-23)17-18-29(20(3)4)21(5)6/h10-16,19-21,24H,8-9,17-18H2,1-7H3. The van der Waals surface area contributed by atoms with Gasteiger partial charge >= 0.3 is 6.09 Å². The summed E-state index contributed by atoms with van der Waals surface area (Å²) in [6.07, 6.45) is 0.674. The van der Waals surface area contributed by atoms with Gasteiger partial charge in [-0.25, -0.2) is 4.79 Å². The summed E-state index contributed by atoms with van der Waals surface area (Å²) in [6, 6.07) is 17.7. The van der Waals surface area contributed by atoms with Crippen LogP contribution in [-0.2, 0) is 0 Å². The Hall–Kier alpha value is -2.33. The van der Waals surface area contributed by atoms with E-state index in [0.717, 1.165) is 18.5 Å². The minimum Gasteiger partial charge on any atom is -0.410 e. The molecule has 0 aromatic heterocycles. The monoisotopic (exact) mass is 424 g/mol. The number of benzene rings is 2. The van der Waals surface area contributed by atoms with Crippen LogP contribution in [-0.4, -0.2) is 47.6 Å². The molecule has 2 aromatic carbocycles. The van der Waals surface area contributed by atoms with Crippen molar-refractivity contribution in [2.45, 2.75) is 72.9 Å². The van der Waals surface area contributed by atoms with E-state index in [1.54, 1.807) is 4.90 Å². The second-order valence-corrected chi connectivity index (χ2v) is 8.76. The number of rotatable bonds is 10. The zero-order valence-electron chi connectivity index (χ0n) is 20.4. The van der Waals surface area contributed by atoms with Crippen molar-refractivity contribution >= 4 is 6.09 Å². The number of ether oxygens (including phenoxy) is 1. The highest BCUT2D eigenvalue weighted by molar-refractivity contribution is 5.71. The smallest absolute Gasteiger partial charge is 0.410 e. The van der Waals surface area contributed by atoms with Gasteiger partial charge in [-0.3, -0.25) is 4.90 Å². The summed E-state index contributed by atoms with van der Waals surface area (Å²) in [6.45, 7) is 17.3. The highest BCUT2D eigenvalue weighted by Crippen LogP contribution is 2.36. The molecule has 0 bridgehead atoms. The number of carbonyl (C=O) groups is 1. The van der Waals surface area contributed by atoms with Crippen LogP contribution in [0.4, 0.5) is 4.79 Å². The molecule has 0 aliphatic rings. The molecule has 2 rings (SSSR count). The molecule has 0 N–H and O–H groups in total. The molecule has 4 heteroatoms. The number of amides is 1. The Labute approximate surface area is 189 Å². The van der Waals surface area contributed by atoms with Crippen LogP contribution < -0.4 is 4.74 Å². The predicted octanol–water partition coefficient (Wildman–Crippen LogP) is 6.48. The summed E-state index contributed by atoms with van der Waals surface area (Å²) in [4.78, 5) is 16.9. The molecule has 2 aromatic rings. The van der Waals surface area contributed by atoms with E-state index in [9.17, 15) is 4.79 Å². The van der Waals surface area contributed by atoms with Crippen LogP contribution in [0.1, 0.15) is 70.6 Å². The van der Waals surface area contributed by atoms with E-state index in [0.29, 0.717) is 30.9 Å². The number of hydrogen-bond donors (Lipinski definition) is 0. The van der Waals surface area contributed by atoms with Gasteiger partial charge in [0, 0.05) is 36.7 Å². The third-order valence-electron chi connectivity index (χ3n) is 5.96. The molecule has 0 fully saturated rings. The molecular weight excluding hydrogens is 384 g/mol. The molecule has 0 saturated heterocycles. The molecular formula is C27H40N2O2. The minimum absolute atomic E-state index is 0.153. The lowest BCUT2D eigenvalue weighted by Gasteiger charge is -2.32. The zero-order chi connectivity index (χ0) is 23.0. The van der Waals surface area contributed by atoms with Crippen molar-refractivity contribution in [2.24, 2.45) is 0 Å². The van der Waals surface area contributed by atoms with Gasteiger partial charge in [0.05, 0.1) is 0 Å². The van der Waals surface area contributed by atoms with Crippen molar-refractivity contribution in [1.82, 2.24) is 9.80 Å². The maximum atomic E-state index is 12.7. The summed E-state index contributed by atoms with van der Waals surface area (Å²) in [5, 5.41) is 0. The van der Waals surface area contributed by atoms with E-state index >= 15 is 0 Å². The highest BCUT2D eigenvalue weighted by Gasteiger charge is 2.24. The number of hydrogen-bond acceptors (Lipinski definition) is 3. The van der Waals surface area contributed by atoms with E-state index in [-0.39, 0.29) is 12.0 Å². The second-order valence-electron chi connectivity index (χ2n) is 8.76. The van der Waals surface area contributed by atoms with Crippen LogP contribution in [0.2, 0.25) is 0 Å². The molecule has 31 heavy (non-hydrogen) atoms. The Morgan fingerprint density at radius 1 is 0.935 bits per heavy atom. The lowest BCUT2D eigenvalue weighted by molar-refractivity contribution is 0.156. The minimum atomic E-state index is -0.284. The van der Waals surface area contributed by atoms with Gasteiger partial charge in [0.2, 0.25) is 0 Å². The maximum absolute atomic E-state index is 12.7. The Morgan fingerprint density at radius 3 is 2.10 bits per heavy atom. The normalized spacial score (nSPS) is 12.5. The van der Waals surface area contributed by atoms with Crippen molar-refractivity contribution in [1.29, 1.82) is 0 Å². The van der Waals surface area contributed by atoms with Gasteiger partial charge in [0.25, 0.3) is 0 Å². The number of aryl methyl sites for hydroxylation is 1. The van der Waals surface area contributed by atoms with E-state index in [1.165, 1.54) is 11.1 Å².